The summed E-state index contributed by atoms with van der Waals surface area (Å²) in [6.45, 7) is 1.39. The highest BCUT2D eigenvalue weighted by Crippen LogP contribution is 2.27. The molecule has 0 aliphatic heterocycles. The fraction of sp³-hybridized carbons (Fsp3) is 0.0500. The van der Waals surface area contributed by atoms with E-state index < -0.39 is 0 Å². The number of amides is 2. The Kier molecular flexibility index (Phi) is 5.12. The molecule has 2 aromatic heterocycles. The molecule has 2 heterocycles. The Morgan fingerprint density at radius 2 is 1.72 bits per heavy atom. The third-order valence-corrected chi connectivity index (χ3v) is 4.73. The van der Waals surface area contributed by atoms with E-state index in [2.05, 4.69) is 30.8 Å². The fourth-order valence-electron chi connectivity index (χ4n) is 2.67. The van der Waals surface area contributed by atoms with Crippen LogP contribution in [0.4, 0.5) is 10.8 Å². The third kappa shape index (κ3) is 4.19. The number of rotatable bonds is 5. The number of carbonyl (C=O) groups excluding carboxylic acids is 2. The maximum atomic E-state index is 12.6. The Bertz CT molecular complexity index is 1170. The first-order valence-electron chi connectivity index (χ1n) is 8.72. The van der Waals surface area contributed by atoms with Crippen LogP contribution in [0.3, 0.4) is 0 Å². The topological polar surface area (TPSA) is 113 Å². The van der Waals surface area contributed by atoms with Gasteiger partial charge in [0.25, 0.3) is 5.91 Å². The number of hydrogen-bond donors (Lipinski definition) is 3. The molecule has 4 rings (SSSR count). The molecule has 9 heteroatoms. The highest BCUT2D eigenvalue weighted by atomic mass is 32.1. The van der Waals surface area contributed by atoms with Crippen LogP contribution in [0.5, 0.6) is 0 Å². The van der Waals surface area contributed by atoms with Crippen molar-refractivity contribution in [3.05, 3.63) is 65.7 Å². The molecule has 0 saturated carbocycles. The third-order valence-electron chi connectivity index (χ3n) is 3.97. The van der Waals surface area contributed by atoms with E-state index in [9.17, 15) is 9.59 Å². The number of para-hydroxylation sites is 1. The van der Waals surface area contributed by atoms with Crippen molar-refractivity contribution in [1.82, 2.24) is 20.2 Å². The van der Waals surface area contributed by atoms with E-state index in [1.54, 1.807) is 11.4 Å². The van der Waals surface area contributed by atoms with Crippen molar-refractivity contribution < 1.29 is 9.59 Å². The molecule has 3 N–H and O–H groups in total. The van der Waals surface area contributed by atoms with Crippen LogP contribution in [0.25, 0.3) is 22.8 Å². The van der Waals surface area contributed by atoms with Crippen LogP contribution in [-0.4, -0.2) is 32.0 Å². The van der Waals surface area contributed by atoms with Crippen molar-refractivity contribution in [3.8, 4) is 22.8 Å². The second-order valence-corrected chi connectivity index (χ2v) is 6.95. The van der Waals surface area contributed by atoms with Crippen LogP contribution in [0, 0.1) is 0 Å². The number of anilines is 2. The molecule has 0 bridgehead atoms. The molecule has 29 heavy (non-hydrogen) atoms. The van der Waals surface area contributed by atoms with Crippen LogP contribution in [0.2, 0.25) is 0 Å². The lowest BCUT2D eigenvalue weighted by Gasteiger charge is -2.08. The van der Waals surface area contributed by atoms with E-state index in [1.807, 2.05) is 48.5 Å². The monoisotopic (exact) mass is 404 g/mol. The van der Waals surface area contributed by atoms with E-state index in [0.717, 1.165) is 5.56 Å². The highest BCUT2D eigenvalue weighted by Gasteiger charge is 2.16. The SMILES string of the molecule is CC(=O)Nc1nc(C(=O)Nc2ccccc2-c2nc(-c3ccccc3)n[nH]2)cs1. The van der Waals surface area contributed by atoms with E-state index >= 15 is 0 Å². The molecule has 0 aliphatic rings. The zero-order chi connectivity index (χ0) is 20.2. The molecule has 0 unspecified atom stereocenters. The van der Waals surface area contributed by atoms with Crippen LogP contribution in [0.15, 0.2) is 60.0 Å². The highest BCUT2D eigenvalue weighted by molar-refractivity contribution is 7.14. The summed E-state index contributed by atoms with van der Waals surface area (Å²) in [5, 5.41) is 14.6. The van der Waals surface area contributed by atoms with Crippen LogP contribution < -0.4 is 10.6 Å². The number of aromatic nitrogens is 4. The summed E-state index contributed by atoms with van der Waals surface area (Å²) in [5.41, 5.74) is 2.38. The Morgan fingerprint density at radius 1 is 0.966 bits per heavy atom. The van der Waals surface area contributed by atoms with Crippen LogP contribution in [-0.2, 0) is 4.79 Å². The lowest BCUT2D eigenvalue weighted by Crippen LogP contribution is -2.13. The standard InChI is InChI=1S/C20H16N6O2S/c1-12(27)21-20-23-16(11-29-20)19(28)22-15-10-6-5-9-14(15)18-24-17(25-26-18)13-7-3-2-4-8-13/h2-11H,1H3,(H,22,28)(H,21,23,27)(H,24,25,26). The van der Waals surface area contributed by atoms with Crippen molar-refractivity contribution in [3.63, 3.8) is 0 Å². The Hall–Kier alpha value is -3.85. The number of nitrogens with one attached hydrogen (secondary N) is 3. The van der Waals surface area contributed by atoms with Gasteiger partial charge in [0.1, 0.15) is 5.69 Å². The van der Waals surface area contributed by atoms with Gasteiger partial charge in [0.05, 0.1) is 5.69 Å². The van der Waals surface area contributed by atoms with Gasteiger partial charge >= 0.3 is 0 Å². The van der Waals surface area contributed by atoms with Gasteiger partial charge in [-0.2, -0.15) is 5.10 Å². The number of hydrogen-bond acceptors (Lipinski definition) is 6. The van der Waals surface area contributed by atoms with Gasteiger partial charge < -0.3 is 10.6 Å². The van der Waals surface area contributed by atoms with Gasteiger partial charge in [-0.1, -0.05) is 42.5 Å². The number of aromatic amines is 1. The second-order valence-electron chi connectivity index (χ2n) is 6.09. The summed E-state index contributed by atoms with van der Waals surface area (Å²) < 4.78 is 0. The van der Waals surface area contributed by atoms with Gasteiger partial charge in [-0.3, -0.25) is 14.7 Å². The van der Waals surface area contributed by atoms with E-state index in [4.69, 9.17) is 0 Å². The predicted molar refractivity (Wildman–Crippen MR) is 112 cm³/mol. The zero-order valence-electron chi connectivity index (χ0n) is 15.3. The van der Waals surface area contributed by atoms with E-state index in [1.165, 1.54) is 18.3 Å². The smallest absolute Gasteiger partial charge is 0.275 e. The summed E-state index contributed by atoms with van der Waals surface area (Å²) in [5.74, 6) is 0.488. The van der Waals surface area contributed by atoms with Crippen LogP contribution in [0.1, 0.15) is 17.4 Å². The van der Waals surface area contributed by atoms with Crippen molar-refractivity contribution in [2.75, 3.05) is 10.6 Å². The molecule has 0 fully saturated rings. The van der Waals surface area contributed by atoms with Crippen LogP contribution >= 0.6 is 11.3 Å². The van der Waals surface area contributed by atoms with Crippen molar-refractivity contribution >= 4 is 34.0 Å². The summed E-state index contributed by atoms with van der Waals surface area (Å²) in [6.07, 6.45) is 0. The summed E-state index contributed by atoms with van der Waals surface area (Å²) in [7, 11) is 0. The fourth-order valence-corrected chi connectivity index (χ4v) is 3.41. The first-order chi connectivity index (χ1) is 14.1. The molecular weight excluding hydrogens is 388 g/mol. The Labute approximate surface area is 170 Å². The lowest BCUT2D eigenvalue weighted by molar-refractivity contribution is -0.114. The summed E-state index contributed by atoms with van der Waals surface area (Å²) >= 11 is 1.19. The molecule has 2 amide bonds. The van der Waals surface area contributed by atoms with Gasteiger partial charge in [0.15, 0.2) is 16.8 Å². The number of nitrogens with zero attached hydrogens (tertiary/aromatic N) is 3. The number of benzene rings is 2. The molecule has 144 valence electrons. The van der Waals surface area contributed by atoms with Gasteiger partial charge in [0.2, 0.25) is 5.91 Å². The van der Waals surface area contributed by atoms with Crippen molar-refractivity contribution in [2.45, 2.75) is 6.92 Å². The van der Waals surface area contributed by atoms with Gasteiger partial charge in [-0.25, -0.2) is 9.97 Å². The average molecular weight is 404 g/mol. The van der Waals surface area contributed by atoms with Crippen molar-refractivity contribution in [1.29, 1.82) is 0 Å². The molecule has 0 spiro atoms. The van der Waals surface area contributed by atoms with E-state index in [-0.39, 0.29) is 17.5 Å². The normalized spacial score (nSPS) is 10.5. The molecule has 0 saturated heterocycles. The minimum atomic E-state index is -0.381. The molecule has 0 radical (unpaired) electrons. The van der Waals surface area contributed by atoms with Gasteiger partial charge in [-0.15, -0.1) is 11.3 Å². The first kappa shape index (κ1) is 18.5. The Balaban J connectivity index is 1.58. The number of carbonyl (C=O) groups is 2. The zero-order valence-corrected chi connectivity index (χ0v) is 16.2. The first-order valence-corrected chi connectivity index (χ1v) is 9.60. The number of H-pyrrole nitrogens is 1. The molecule has 0 aliphatic carbocycles. The van der Waals surface area contributed by atoms with Crippen molar-refractivity contribution in [2.24, 2.45) is 0 Å². The summed E-state index contributed by atoms with van der Waals surface area (Å²) in [4.78, 5) is 32.4. The minimum Gasteiger partial charge on any atom is -0.320 e. The number of thiazole rings is 1. The average Bonchev–Trinajstić information content (AvgIpc) is 3.39. The molecule has 8 nitrogen and oxygen atoms in total. The summed E-state index contributed by atoms with van der Waals surface area (Å²) in [6, 6.07) is 16.9. The minimum absolute atomic E-state index is 0.219. The Morgan fingerprint density at radius 3 is 2.52 bits per heavy atom. The molecule has 2 aromatic carbocycles. The predicted octanol–water partition coefficient (Wildman–Crippen LogP) is 3.81. The van der Waals surface area contributed by atoms with Gasteiger partial charge in [-0.05, 0) is 12.1 Å². The quantitative estimate of drug-likeness (QED) is 0.468. The lowest BCUT2D eigenvalue weighted by atomic mass is 10.1. The molecular formula is C20H16N6O2S. The molecule has 4 aromatic rings. The second kappa shape index (κ2) is 8.03. The van der Waals surface area contributed by atoms with E-state index in [0.29, 0.717) is 28.0 Å². The maximum absolute atomic E-state index is 12.6. The largest absolute Gasteiger partial charge is 0.320 e. The maximum Gasteiger partial charge on any atom is 0.275 e. The van der Waals surface area contributed by atoms with Gasteiger partial charge in [0, 0.05) is 23.4 Å². The molecule has 0 atom stereocenters.